The highest BCUT2D eigenvalue weighted by atomic mass is 16.6. The highest BCUT2D eigenvalue weighted by Crippen LogP contribution is 2.59. The van der Waals surface area contributed by atoms with Gasteiger partial charge in [-0.25, -0.2) is 0 Å². The molecule has 0 aromatic rings. The summed E-state index contributed by atoms with van der Waals surface area (Å²) >= 11 is 0. The first-order valence-corrected chi connectivity index (χ1v) is 7.85. The molecule has 0 radical (unpaired) electrons. The number of hydrogen-bond acceptors (Lipinski definition) is 5. The van der Waals surface area contributed by atoms with E-state index in [1.165, 1.54) is 6.42 Å². The normalized spacial score (nSPS) is 50.2. The van der Waals surface area contributed by atoms with E-state index in [0.29, 0.717) is 0 Å². The molecule has 0 spiro atoms. The van der Waals surface area contributed by atoms with Crippen LogP contribution in [0.1, 0.15) is 13.3 Å². The summed E-state index contributed by atoms with van der Waals surface area (Å²) in [6.45, 7) is 7.60. The summed E-state index contributed by atoms with van der Waals surface area (Å²) in [6.07, 6.45) is 1.97. The monoisotopic (exact) mass is 266 g/mol. The van der Waals surface area contributed by atoms with Crippen molar-refractivity contribution in [2.75, 3.05) is 32.7 Å². The minimum Gasteiger partial charge on any atom is -0.351 e. The maximum atomic E-state index is 6.28. The van der Waals surface area contributed by atoms with E-state index in [2.05, 4.69) is 22.5 Å². The molecule has 0 amide bonds. The quantitative estimate of drug-likeness (QED) is 0.568. The fraction of sp³-hybridized carbons (Fsp3) is 1.00. The molecule has 4 rings (SSSR count). The minimum absolute atomic E-state index is 0.143. The second-order valence-electron chi connectivity index (χ2n) is 6.80. The summed E-state index contributed by atoms with van der Waals surface area (Å²) in [4.78, 5) is 2.42. The van der Waals surface area contributed by atoms with Gasteiger partial charge in [0.2, 0.25) is 0 Å². The summed E-state index contributed by atoms with van der Waals surface area (Å²) in [5.41, 5.74) is 6.28. The van der Waals surface area contributed by atoms with Crippen LogP contribution in [0.15, 0.2) is 0 Å². The molecule has 2 aliphatic heterocycles. The zero-order valence-electron chi connectivity index (χ0n) is 11.7. The van der Waals surface area contributed by atoms with Crippen LogP contribution < -0.4 is 16.4 Å². The zero-order chi connectivity index (χ0) is 13.0. The van der Waals surface area contributed by atoms with Gasteiger partial charge in [-0.05, 0) is 24.2 Å². The van der Waals surface area contributed by atoms with Crippen molar-refractivity contribution in [2.45, 2.75) is 37.8 Å². The summed E-state index contributed by atoms with van der Waals surface area (Å²) in [5, 5.41) is 7.04. The van der Waals surface area contributed by atoms with Gasteiger partial charge in [0.25, 0.3) is 0 Å². The van der Waals surface area contributed by atoms with Crippen LogP contribution in [-0.4, -0.2) is 62.0 Å². The average molecular weight is 266 g/mol. The first kappa shape index (κ1) is 12.5. The summed E-state index contributed by atoms with van der Waals surface area (Å²) < 4.78 is 5.80. The summed E-state index contributed by atoms with van der Waals surface area (Å²) in [5.74, 6) is 2.85. The lowest BCUT2D eigenvalue weighted by Gasteiger charge is -2.34. The Morgan fingerprint density at radius 3 is 2.84 bits per heavy atom. The lowest BCUT2D eigenvalue weighted by Crippen LogP contribution is -2.52. The third kappa shape index (κ3) is 2.21. The predicted octanol–water partition coefficient (Wildman–Crippen LogP) is -0.812. The Morgan fingerprint density at radius 1 is 1.37 bits per heavy atom. The van der Waals surface area contributed by atoms with E-state index in [-0.39, 0.29) is 18.4 Å². The first-order chi connectivity index (χ1) is 9.25. The number of nitrogens with two attached hydrogens (primary N) is 1. The van der Waals surface area contributed by atoms with Gasteiger partial charge in [0, 0.05) is 44.8 Å². The minimum atomic E-state index is 0.143. The van der Waals surface area contributed by atoms with E-state index in [9.17, 15) is 0 Å². The number of ether oxygens (including phenoxy) is 1. The van der Waals surface area contributed by atoms with Crippen molar-refractivity contribution >= 4 is 0 Å². The van der Waals surface area contributed by atoms with E-state index < -0.39 is 0 Å². The van der Waals surface area contributed by atoms with Gasteiger partial charge in [-0.15, -0.1) is 0 Å². The van der Waals surface area contributed by atoms with Crippen LogP contribution in [0.3, 0.4) is 0 Å². The lowest BCUT2D eigenvalue weighted by atomic mass is 9.81. The van der Waals surface area contributed by atoms with Crippen LogP contribution in [-0.2, 0) is 4.74 Å². The Morgan fingerprint density at radius 2 is 2.16 bits per heavy atom. The van der Waals surface area contributed by atoms with Gasteiger partial charge < -0.3 is 21.1 Å². The summed E-state index contributed by atoms with van der Waals surface area (Å²) in [6, 6.07) is 0.873. The molecular weight excluding hydrogens is 240 g/mol. The maximum Gasteiger partial charge on any atom is 0.139 e. The molecule has 2 saturated carbocycles. The molecule has 108 valence electrons. The lowest BCUT2D eigenvalue weighted by molar-refractivity contribution is 0.157. The number of nitrogens with one attached hydrogen (secondary N) is 2. The largest absolute Gasteiger partial charge is 0.351 e. The SMILES string of the molecule is CC1C2CC2C1NCC(N)C1OC1N1CCNCC1. The van der Waals surface area contributed by atoms with E-state index in [4.69, 9.17) is 10.5 Å². The van der Waals surface area contributed by atoms with E-state index >= 15 is 0 Å². The summed E-state index contributed by atoms with van der Waals surface area (Å²) in [7, 11) is 0. The highest BCUT2D eigenvalue weighted by molar-refractivity contribution is 5.11. The molecule has 19 heavy (non-hydrogen) atoms. The van der Waals surface area contributed by atoms with Gasteiger partial charge in [-0.1, -0.05) is 6.92 Å². The van der Waals surface area contributed by atoms with Crippen molar-refractivity contribution in [3.63, 3.8) is 0 Å². The molecule has 0 bridgehead atoms. The van der Waals surface area contributed by atoms with Crippen LogP contribution in [0.5, 0.6) is 0 Å². The molecule has 2 saturated heterocycles. The third-order valence-corrected chi connectivity index (χ3v) is 5.62. The molecule has 7 unspecified atom stereocenters. The molecule has 0 aromatic heterocycles. The van der Waals surface area contributed by atoms with Gasteiger partial charge in [0.15, 0.2) is 0 Å². The Bertz CT molecular complexity index is 346. The fourth-order valence-corrected chi connectivity index (χ4v) is 4.15. The molecule has 4 fully saturated rings. The van der Waals surface area contributed by atoms with Crippen molar-refractivity contribution < 1.29 is 4.74 Å². The molecular formula is C14H26N4O. The molecule has 2 aliphatic carbocycles. The maximum absolute atomic E-state index is 6.28. The van der Waals surface area contributed by atoms with Gasteiger partial charge in [-0.2, -0.15) is 0 Å². The third-order valence-electron chi connectivity index (χ3n) is 5.62. The second kappa shape index (κ2) is 4.67. The smallest absolute Gasteiger partial charge is 0.139 e. The van der Waals surface area contributed by atoms with Crippen molar-refractivity contribution in [3.05, 3.63) is 0 Å². The predicted molar refractivity (Wildman–Crippen MR) is 73.6 cm³/mol. The van der Waals surface area contributed by atoms with E-state index in [1.807, 2.05) is 0 Å². The Labute approximate surface area is 115 Å². The van der Waals surface area contributed by atoms with Crippen LogP contribution in [0.25, 0.3) is 0 Å². The van der Waals surface area contributed by atoms with Crippen molar-refractivity contribution in [1.82, 2.24) is 15.5 Å². The van der Waals surface area contributed by atoms with Gasteiger partial charge >= 0.3 is 0 Å². The van der Waals surface area contributed by atoms with Crippen molar-refractivity contribution in [3.8, 4) is 0 Å². The number of hydrogen-bond donors (Lipinski definition) is 3. The molecule has 7 atom stereocenters. The fourth-order valence-electron chi connectivity index (χ4n) is 4.15. The van der Waals surface area contributed by atoms with Gasteiger partial charge in [-0.3, -0.25) is 4.90 Å². The standard InChI is InChI=1S/C14H26N4O/c1-8-9-6-10(9)12(8)17-7-11(15)13-14(19-13)18-4-2-16-3-5-18/h8-14,16-17H,2-7,15H2,1H3. The number of rotatable bonds is 5. The Kier molecular flexibility index (Phi) is 3.08. The number of nitrogens with zero attached hydrogens (tertiary/aromatic N) is 1. The topological polar surface area (TPSA) is 65.8 Å². The first-order valence-electron chi connectivity index (χ1n) is 7.85. The highest BCUT2D eigenvalue weighted by Gasteiger charge is 2.59. The number of piperazine rings is 1. The van der Waals surface area contributed by atoms with Crippen LogP contribution in [0, 0.1) is 17.8 Å². The molecule has 5 nitrogen and oxygen atoms in total. The molecule has 4 aliphatic rings. The van der Waals surface area contributed by atoms with Crippen LogP contribution >= 0.6 is 0 Å². The molecule has 0 aromatic carbocycles. The average Bonchev–Trinajstić information content (AvgIpc) is 3.33. The molecule has 2 heterocycles. The Hall–Kier alpha value is -0.200. The van der Waals surface area contributed by atoms with Crippen molar-refractivity contribution in [2.24, 2.45) is 23.5 Å². The molecule has 4 N–H and O–H groups in total. The van der Waals surface area contributed by atoms with Crippen molar-refractivity contribution in [1.29, 1.82) is 0 Å². The van der Waals surface area contributed by atoms with E-state index in [0.717, 1.165) is 56.5 Å². The molecule has 5 heteroatoms. The number of fused-ring (bicyclic) bond motifs is 1. The number of epoxide rings is 1. The Balaban J connectivity index is 1.20. The van der Waals surface area contributed by atoms with Gasteiger partial charge in [0.05, 0.1) is 0 Å². The second-order valence-corrected chi connectivity index (χ2v) is 6.80. The van der Waals surface area contributed by atoms with Crippen LogP contribution in [0.4, 0.5) is 0 Å². The van der Waals surface area contributed by atoms with Gasteiger partial charge in [0.1, 0.15) is 12.3 Å². The van der Waals surface area contributed by atoms with Crippen LogP contribution in [0.2, 0.25) is 0 Å². The zero-order valence-corrected chi connectivity index (χ0v) is 11.7. The van der Waals surface area contributed by atoms with E-state index in [1.54, 1.807) is 0 Å².